The fourth-order valence-corrected chi connectivity index (χ4v) is 3.45. The Bertz CT molecular complexity index is 279. The summed E-state index contributed by atoms with van der Waals surface area (Å²) in [6.45, 7) is 17.7. The van der Waals surface area contributed by atoms with Crippen molar-refractivity contribution in [2.24, 2.45) is 5.92 Å². The van der Waals surface area contributed by atoms with E-state index in [0.29, 0.717) is 6.04 Å². The Morgan fingerprint density at radius 2 is 1.48 bits per heavy atom. The van der Waals surface area contributed by atoms with Crippen molar-refractivity contribution >= 4 is 0 Å². The molecule has 4 nitrogen and oxygen atoms in total. The van der Waals surface area contributed by atoms with Crippen LogP contribution < -0.4 is 10.6 Å². The van der Waals surface area contributed by atoms with Gasteiger partial charge in [-0.1, -0.05) is 13.8 Å². The highest BCUT2D eigenvalue weighted by atomic mass is 15.3. The molecule has 124 valence electrons. The van der Waals surface area contributed by atoms with E-state index < -0.39 is 0 Å². The van der Waals surface area contributed by atoms with Crippen LogP contribution in [0.1, 0.15) is 40.5 Å². The molecule has 2 fully saturated rings. The van der Waals surface area contributed by atoms with Gasteiger partial charge in [0.15, 0.2) is 0 Å². The van der Waals surface area contributed by atoms with Crippen LogP contribution >= 0.6 is 0 Å². The first-order chi connectivity index (χ1) is 10.0. The monoisotopic (exact) mass is 296 g/mol. The second-order valence-corrected chi connectivity index (χ2v) is 7.62. The average molecular weight is 297 g/mol. The highest BCUT2D eigenvalue weighted by Crippen LogP contribution is 2.12. The van der Waals surface area contributed by atoms with Crippen LogP contribution in [0.3, 0.4) is 0 Å². The number of hydrogen-bond donors (Lipinski definition) is 2. The Morgan fingerprint density at radius 3 is 2.00 bits per heavy atom. The van der Waals surface area contributed by atoms with Crippen LogP contribution in [-0.2, 0) is 0 Å². The maximum absolute atomic E-state index is 3.73. The van der Waals surface area contributed by atoms with Crippen molar-refractivity contribution in [3.8, 4) is 0 Å². The maximum Gasteiger partial charge on any atom is 0.0323 e. The Morgan fingerprint density at radius 1 is 0.905 bits per heavy atom. The van der Waals surface area contributed by atoms with E-state index >= 15 is 0 Å². The van der Waals surface area contributed by atoms with E-state index in [1.165, 1.54) is 45.6 Å². The molecule has 0 aromatic carbocycles. The molecule has 0 amide bonds. The van der Waals surface area contributed by atoms with E-state index in [1.807, 2.05) is 0 Å². The van der Waals surface area contributed by atoms with Crippen molar-refractivity contribution in [2.45, 2.75) is 58.7 Å². The summed E-state index contributed by atoms with van der Waals surface area (Å²) in [6.07, 6.45) is 2.63. The van der Waals surface area contributed by atoms with Gasteiger partial charge in [0.05, 0.1) is 0 Å². The Labute approximate surface area is 131 Å². The van der Waals surface area contributed by atoms with Crippen molar-refractivity contribution in [2.75, 3.05) is 45.8 Å². The molecule has 0 aromatic heterocycles. The lowest BCUT2D eigenvalue weighted by molar-refractivity contribution is 0.0921. The number of nitrogens with one attached hydrogen (secondary N) is 2. The summed E-state index contributed by atoms with van der Waals surface area (Å²) in [7, 11) is 0. The van der Waals surface area contributed by atoms with E-state index in [4.69, 9.17) is 0 Å². The standard InChI is InChI=1S/C17H36N4/c1-14(2)11-20-9-5-16(6-10-20)18-7-8-19-17-12-21(13-17)15(3)4/h14-19H,5-13H2,1-4H3. The van der Waals surface area contributed by atoms with E-state index in [9.17, 15) is 0 Å². The average Bonchev–Trinajstić information content (AvgIpc) is 2.37. The zero-order valence-corrected chi connectivity index (χ0v) is 14.6. The van der Waals surface area contributed by atoms with Crippen LogP contribution in [0.25, 0.3) is 0 Å². The number of hydrogen-bond acceptors (Lipinski definition) is 4. The third-order valence-electron chi connectivity index (χ3n) is 4.84. The Hall–Kier alpha value is -0.160. The molecule has 0 spiro atoms. The highest BCUT2D eigenvalue weighted by Gasteiger charge is 2.27. The minimum atomic E-state index is 0.706. The van der Waals surface area contributed by atoms with Gasteiger partial charge in [0.25, 0.3) is 0 Å². The minimum absolute atomic E-state index is 0.706. The molecule has 2 aliphatic rings. The van der Waals surface area contributed by atoms with Crippen LogP contribution in [0.2, 0.25) is 0 Å². The third-order valence-corrected chi connectivity index (χ3v) is 4.84. The van der Waals surface area contributed by atoms with Crippen LogP contribution in [0.4, 0.5) is 0 Å². The van der Waals surface area contributed by atoms with Gasteiger partial charge in [-0.3, -0.25) is 4.90 Å². The predicted octanol–water partition coefficient (Wildman–Crippen LogP) is 1.38. The second-order valence-electron chi connectivity index (χ2n) is 7.62. The van der Waals surface area contributed by atoms with Crippen LogP contribution in [0, 0.1) is 5.92 Å². The molecule has 0 aromatic rings. The number of piperidine rings is 1. The molecular formula is C17H36N4. The van der Waals surface area contributed by atoms with Crippen molar-refractivity contribution in [3.63, 3.8) is 0 Å². The van der Waals surface area contributed by atoms with Gasteiger partial charge >= 0.3 is 0 Å². The molecule has 2 aliphatic heterocycles. The topological polar surface area (TPSA) is 30.5 Å². The quantitative estimate of drug-likeness (QED) is 0.663. The summed E-state index contributed by atoms with van der Waals surface area (Å²) in [6, 6.07) is 2.17. The van der Waals surface area contributed by atoms with E-state index in [-0.39, 0.29) is 0 Å². The molecule has 2 heterocycles. The van der Waals surface area contributed by atoms with Crippen molar-refractivity contribution in [3.05, 3.63) is 0 Å². The summed E-state index contributed by atoms with van der Waals surface area (Å²) in [4.78, 5) is 5.14. The highest BCUT2D eigenvalue weighted by molar-refractivity contribution is 4.87. The van der Waals surface area contributed by atoms with Crippen molar-refractivity contribution < 1.29 is 0 Å². The number of rotatable bonds is 8. The molecule has 0 radical (unpaired) electrons. The van der Waals surface area contributed by atoms with Crippen molar-refractivity contribution in [1.82, 2.24) is 20.4 Å². The fraction of sp³-hybridized carbons (Fsp3) is 1.00. The number of nitrogens with zero attached hydrogens (tertiary/aromatic N) is 2. The van der Waals surface area contributed by atoms with E-state index in [2.05, 4.69) is 48.1 Å². The molecule has 2 N–H and O–H groups in total. The van der Waals surface area contributed by atoms with Gasteiger partial charge in [0.1, 0.15) is 0 Å². The first-order valence-corrected chi connectivity index (χ1v) is 8.97. The van der Waals surface area contributed by atoms with E-state index in [0.717, 1.165) is 31.1 Å². The normalized spacial score (nSPS) is 23.1. The zero-order valence-electron chi connectivity index (χ0n) is 14.6. The summed E-state index contributed by atoms with van der Waals surface area (Å²) in [5.41, 5.74) is 0. The minimum Gasteiger partial charge on any atom is -0.313 e. The summed E-state index contributed by atoms with van der Waals surface area (Å²) < 4.78 is 0. The molecule has 0 atom stereocenters. The summed E-state index contributed by atoms with van der Waals surface area (Å²) in [5.74, 6) is 0.798. The van der Waals surface area contributed by atoms with E-state index in [1.54, 1.807) is 0 Å². The van der Waals surface area contributed by atoms with Gasteiger partial charge in [-0.15, -0.1) is 0 Å². The second kappa shape index (κ2) is 8.47. The SMILES string of the molecule is CC(C)CN1CCC(NCCNC2CN(C(C)C)C2)CC1. The van der Waals surface area contributed by atoms with Gasteiger partial charge in [-0.2, -0.15) is 0 Å². The lowest BCUT2D eigenvalue weighted by Crippen LogP contribution is -2.60. The maximum atomic E-state index is 3.73. The van der Waals surface area contributed by atoms with Crippen LogP contribution in [-0.4, -0.2) is 73.7 Å². The molecule has 0 bridgehead atoms. The molecule has 2 saturated heterocycles. The summed E-state index contributed by atoms with van der Waals surface area (Å²) >= 11 is 0. The lowest BCUT2D eigenvalue weighted by Gasteiger charge is -2.42. The zero-order chi connectivity index (χ0) is 15.2. The Kier molecular flexibility index (Phi) is 6.93. The fourth-order valence-electron chi connectivity index (χ4n) is 3.45. The first-order valence-electron chi connectivity index (χ1n) is 8.97. The molecule has 0 unspecified atom stereocenters. The van der Waals surface area contributed by atoms with Crippen molar-refractivity contribution in [1.29, 1.82) is 0 Å². The van der Waals surface area contributed by atoms with Gasteiger partial charge < -0.3 is 15.5 Å². The van der Waals surface area contributed by atoms with Crippen LogP contribution in [0.15, 0.2) is 0 Å². The molecule has 21 heavy (non-hydrogen) atoms. The summed E-state index contributed by atoms with van der Waals surface area (Å²) in [5, 5.41) is 7.39. The predicted molar refractivity (Wildman–Crippen MR) is 90.8 cm³/mol. The van der Waals surface area contributed by atoms with Gasteiger partial charge in [0, 0.05) is 50.8 Å². The molecule has 0 saturated carbocycles. The third kappa shape index (κ3) is 5.85. The number of likely N-dealkylation sites (tertiary alicyclic amines) is 2. The van der Waals surface area contributed by atoms with Gasteiger partial charge in [0.2, 0.25) is 0 Å². The molecule has 0 aliphatic carbocycles. The first kappa shape index (κ1) is 17.2. The lowest BCUT2D eigenvalue weighted by atomic mass is 10.0. The molecule has 4 heteroatoms. The molecular weight excluding hydrogens is 260 g/mol. The molecule has 2 rings (SSSR count). The van der Waals surface area contributed by atoms with Gasteiger partial charge in [-0.25, -0.2) is 0 Å². The van der Waals surface area contributed by atoms with Crippen LogP contribution in [0.5, 0.6) is 0 Å². The smallest absolute Gasteiger partial charge is 0.0323 e. The Balaban J connectivity index is 1.46. The largest absolute Gasteiger partial charge is 0.313 e. The van der Waals surface area contributed by atoms with Gasteiger partial charge in [-0.05, 0) is 45.7 Å².